The molecule has 174 valence electrons. The van der Waals surface area contributed by atoms with Gasteiger partial charge in [-0.1, -0.05) is 135 Å². The standard InChI is InChI=1S/C28H57N/c1-5-6-7-8-9-10-11-12-13-14-15-16-17-18-19-20-21-22-23-24-25-26-28(4)29-27(2)3/h26-27,29H,5-25H2,1-4H3. The van der Waals surface area contributed by atoms with Crippen LogP contribution in [0.4, 0.5) is 0 Å². The lowest BCUT2D eigenvalue weighted by Gasteiger charge is -2.09. The minimum atomic E-state index is 0.557. The quantitative estimate of drug-likeness (QED) is 0.166. The Labute approximate surface area is 185 Å². The van der Waals surface area contributed by atoms with Crippen LogP contribution >= 0.6 is 0 Å². The van der Waals surface area contributed by atoms with E-state index in [9.17, 15) is 0 Å². The fourth-order valence-electron chi connectivity index (χ4n) is 4.23. The fourth-order valence-corrected chi connectivity index (χ4v) is 4.23. The topological polar surface area (TPSA) is 12.0 Å². The van der Waals surface area contributed by atoms with Crippen molar-refractivity contribution in [2.24, 2.45) is 0 Å². The fraction of sp³-hybridized carbons (Fsp3) is 0.929. The van der Waals surface area contributed by atoms with Crippen molar-refractivity contribution in [2.45, 2.75) is 169 Å². The van der Waals surface area contributed by atoms with Crippen LogP contribution in [0.25, 0.3) is 0 Å². The van der Waals surface area contributed by atoms with Gasteiger partial charge in [-0.05, 0) is 33.6 Å². The van der Waals surface area contributed by atoms with Crippen molar-refractivity contribution in [3.63, 3.8) is 0 Å². The second-order valence-electron chi connectivity index (χ2n) is 9.69. The Hall–Kier alpha value is -0.460. The highest BCUT2D eigenvalue weighted by atomic mass is 14.9. The van der Waals surface area contributed by atoms with Gasteiger partial charge in [-0.2, -0.15) is 0 Å². The highest BCUT2D eigenvalue weighted by Gasteiger charge is 1.96. The summed E-state index contributed by atoms with van der Waals surface area (Å²) >= 11 is 0. The molecule has 0 aliphatic heterocycles. The van der Waals surface area contributed by atoms with Gasteiger partial charge in [0.2, 0.25) is 0 Å². The van der Waals surface area contributed by atoms with Gasteiger partial charge in [-0.3, -0.25) is 0 Å². The normalized spacial score (nSPS) is 12.1. The number of hydrogen-bond donors (Lipinski definition) is 1. The van der Waals surface area contributed by atoms with E-state index in [1.165, 1.54) is 141 Å². The predicted molar refractivity (Wildman–Crippen MR) is 135 cm³/mol. The molecule has 0 unspecified atom stereocenters. The Kier molecular flexibility index (Phi) is 23.4. The molecule has 0 rings (SSSR count). The Morgan fingerprint density at radius 3 is 1.17 bits per heavy atom. The first-order chi connectivity index (χ1) is 14.2. The van der Waals surface area contributed by atoms with E-state index >= 15 is 0 Å². The number of rotatable bonds is 23. The highest BCUT2D eigenvalue weighted by molar-refractivity contribution is 4.95. The summed E-state index contributed by atoms with van der Waals surface area (Å²) in [6.45, 7) is 8.90. The molecule has 0 amide bonds. The zero-order valence-corrected chi connectivity index (χ0v) is 21.0. The van der Waals surface area contributed by atoms with Crippen LogP contribution in [0, 0.1) is 0 Å². The van der Waals surface area contributed by atoms with Crippen molar-refractivity contribution < 1.29 is 0 Å². The SMILES string of the molecule is CCCCCCCCCCCCCCCCCCCCCCC=C(C)NC(C)C. The van der Waals surface area contributed by atoms with E-state index in [4.69, 9.17) is 0 Å². The zero-order chi connectivity index (χ0) is 21.4. The molecule has 1 N–H and O–H groups in total. The van der Waals surface area contributed by atoms with E-state index in [1.807, 2.05) is 0 Å². The largest absolute Gasteiger partial charge is 0.387 e. The molecular weight excluding hydrogens is 350 g/mol. The molecule has 1 nitrogen and oxygen atoms in total. The van der Waals surface area contributed by atoms with Crippen LogP contribution in [0.1, 0.15) is 163 Å². The average Bonchev–Trinajstić information content (AvgIpc) is 2.68. The van der Waals surface area contributed by atoms with E-state index in [2.05, 4.69) is 39.1 Å². The van der Waals surface area contributed by atoms with Gasteiger partial charge in [0.1, 0.15) is 0 Å². The van der Waals surface area contributed by atoms with Crippen LogP contribution in [0.3, 0.4) is 0 Å². The van der Waals surface area contributed by atoms with Gasteiger partial charge in [0.05, 0.1) is 0 Å². The summed E-state index contributed by atoms with van der Waals surface area (Å²) in [4.78, 5) is 0. The van der Waals surface area contributed by atoms with Crippen molar-refractivity contribution in [3.8, 4) is 0 Å². The van der Waals surface area contributed by atoms with Crippen LogP contribution < -0.4 is 5.32 Å². The molecule has 0 aromatic heterocycles. The monoisotopic (exact) mass is 407 g/mol. The third-order valence-electron chi connectivity index (χ3n) is 6.02. The molecule has 29 heavy (non-hydrogen) atoms. The summed E-state index contributed by atoms with van der Waals surface area (Å²) in [5, 5.41) is 3.47. The molecule has 0 atom stereocenters. The van der Waals surface area contributed by atoms with Crippen LogP contribution in [0.2, 0.25) is 0 Å². The highest BCUT2D eigenvalue weighted by Crippen LogP contribution is 2.15. The molecule has 0 aliphatic rings. The summed E-state index contributed by atoms with van der Waals surface area (Å²) in [6, 6.07) is 0.557. The van der Waals surface area contributed by atoms with Crippen LogP contribution in [-0.2, 0) is 0 Å². The van der Waals surface area contributed by atoms with E-state index in [0.717, 1.165) is 0 Å². The molecule has 0 saturated carbocycles. The van der Waals surface area contributed by atoms with Crippen LogP contribution in [-0.4, -0.2) is 6.04 Å². The maximum Gasteiger partial charge on any atom is 0.0201 e. The molecule has 0 bridgehead atoms. The van der Waals surface area contributed by atoms with Gasteiger partial charge >= 0.3 is 0 Å². The summed E-state index contributed by atoms with van der Waals surface area (Å²) < 4.78 is 0. The first-order valence-electron chi connectivity index (χ1n) is 13.6. The number of nitrogens with one attached hydrogen (secondary N) is 1. The second kappa shape index (κ2) is 23.8. The number of unbranched alkanes of at least 4 members (excludes halogenated alkanes) is 20. The second-order valence-corrected chi connectivity index (χ2v) is 9.69. The molecule has 0 heterocycles. The number of hydrogen-bond acceptors (Lipinski definition) is 1. The summed E-state index contributed by atoms with van der Waals surface area (Å²) in [6.07, 6.45) is 32.7. The maximum absolute atomic E-state index is 3.47. The maximum atomic E-state index is 3.47. The van der Waals surface area contributed by atoms with Gasteiger partial charge in [-0.25, -0.2) is 0 Å². The lowest BCUT2D eigenvalue weighted by atomic mass is 10.0. The first kappa shape index (κ1) is 28.5. The smallest absolute Gasteiger partial charge is 0.0201 e. The molecule has 0 aliphatic carbocycles. The lowest BCUT2D eigenvalue weighted by molar-refractivity contribution is 0.522. The van der Waals surface area contributed by atoms with Gasteiger partial charge < -0.3 is 5.32 Å². The molecule has 0 fully saturated rings. The van der Waals surface area contributed by atoms with Gasteiger partial charge in [-0.15, -0.1) is 0 Å². The van der Waals surface area contributed by atoms with Crippen LogP contribution in [0.15, 0.2) is 11.8 Å². The third kappa shape index (κ3) is 25.5. The average molecular weight is 408 g/mol. The minimum Gasteiger partial charge on any atom is -0.387 e. The predicted octanol–water partition coefficient (Wildman–Crippen LogP) is 10.1. The molecule has 0 saturated heterocycles. The van der Waals surface area contributed by atoms with E-state index in [-0.39, 0.29) is 0 Å². The van der Waals surface area contributed by atoms with Gasteiger partial charge in [0, 0.05) is 11.7 Å². The summed E-state index contributed by atoms with van der Waals surface area (Å²) in [5.74, 6) is 0. The summed E-state index contributed by atoms with van der Waals surface area (Å²) in [5.41, 5.74) is 1.35. The van der Waals surface area contributed by atoms with E-state index in [1.54, 1.807) is 0 Å². The van der Waals surface area contributed by atoms with Crippen molar-refractivity contribution in [3.05, 3.63) is 11.8 Å². The van der Waals surface area contributed by atoms with Gasteiger partial charge in [0.25, 0.3) is 0 Å². The molecule has 0 aromatic carbocycles. The Balaban J connectivity index is 3.10. The Morgan fingerprint density at radius 2 is 0.862 bits per heavy atom. The Bertz CT molecular complexity index is 331. The zero-order valence-electron chi connectivity index (χ0n) is 21.0. The van der Waals surface area contributed by atoms with E-state index < -0.39 is 0 Å². The molecular formula is C28H57N. The minimum absolute atomic E-state index is 0.557. The molecule has 1 heteroatoms. The van der Waals surface area contributed by atoms with Crippen molar-refractivity contribution in [1.29, 1.82) is 0 Å². The van der Waals surface area contributed by atoms with Crippen molar-refractivity contribution >= 4 is 0 Å². The molecule has 0 aromatic rings. The van der Waals surface area contributed by atoms with Crippen LogP contribution in [0.5, 0.6) is 0 Å². The molecule has 0 radical (unpaired) electrons. The van der Waals surface area contributed by atoms with Gasteiger partial charge in [0.15, 0.2) is 0 Å². The first-order valence-corrected chi connectivity index (χ1v) is 13.6. The molecule has 0 spiro atoms. The Morgan fingerprint density at radius 1 is 0.552 bits per heavy atom. The van der Waals surface area contributed by atoms with Crippen molar-refractivity contribution in [1.82, 2.24) is 5.32 Å². The number of allylic oxidation sites excluding steroid dienone is 2. The van der Waals surface area contributed by atoms with Crippen molar-refractivity contribution in [2.75, 3.05) is 0 Å². The lowest BCUT2D eigenvalue weighted by Crippen LogP contribution is -2.20. The third-order valence-corrected chi connectivity index (χ3v) is 6.02. The van der Waals surface area contributed by atoms with E-state index in [0.29, 0.717) is 6.04 Å². The summed E-state index contributed by atoms with van der Waals surface area (Å²) in [7, 11) is 0.